The molecule has 0 radical (unpaired) electrons. The fourth-order valence-corrected chi connectivity index (χ4v) is 2.47. The van der Waals surface area contributed by atoms with Crippen LogP contribution in [-0.4, -0.2) is 30.1 Å². The van der Waals surface area contributed by atoms with Gasteiger partial charge in [-0.3, -0.25) is 4.79 Å². The average molecular weight is 410 g/mol. The Morgan fingerprint density at radius 1 is 1.10 bits per heavy atom. The molecule has 9 heteroatoms. The standard InChI is InChI=1S/C21H19FN4O4/c1-4-19(27)24-13-6-5-7-15(10-13)30-20-16(22)12-23-21(26-20)25-14-8-9-17(28-2)18(11-14)29-3/h4-12H,1H2,2-3H3,(H,24,27)(H,23,25,26). The van der Waals surface area contributed by atoms with E-state index < -0.39 is 5.82 Å². The number of ether oxygens (including phenoxy) is 3. The predicted octanol–water partition coefficient (Wildman–Crippen LogP) is 4.29. The summed E-state index contributed by atoms with van der Waals surface area (Å²) < 4.78 is 30.2. The van der Waals surface area contributed by atoms with E-state index >= 15 is 0 Å². The van der Waals surface area contributed by atoms with Crippen LogP contribution in [0.1, 0.15) is 0 Å². The van der Waals surface area contributed by atoms with E-state index in [1.165, 1.54) is 20.3 Å². The molecule has 0 saturated heterocycles. The number of aromatic nitrogens is 2. The molecule has 0 aliphatic heterocycles. The fourth-order valence-electron chi connectivity index (χ4n) is 2.47. The highest BCUT2D eigenvalue weighted by Gasteiger charge is 2.12. The third-order valence-electron chi connectivity index (χ3n) is 3.85. The molecule has 0 saturated carbocycles. The van der Waals surface area contributed by atoms with Crippen LogP contribution in [0, 0.1) is 5.82 Å². The van der Waals surface area contributed by atoms with Gasteiger partial charge in [-0.05, 0) is 30.3 Å². The number of benzene rings is 2. The second-order valence-corrected chi connectivity index (χ2v) is 5.86. The third-order valence-corrected chi connectivity index (χ3v) is 3.85. The van der Waals surface area contributed by atoms with Gasteiger partial charge in [0.2, 0.25) is 17.7 Å². The van der Waals surface area contributed by atoms with Crippen LogP contribution in [0.4, 0.5) is 21.7 Å². The molecule has 154 valence electrons. The number of anilines is 3. The Bertz CT molecular complexity index is 1070. The summed E-state index contributed by atoms with van der Waals surface area (Å²) in [6, 6.07) is 11.6. The molecule has 0 aliphatic rings. The van der Waals surface area contributed by atoms with Crippen molar-refractivity contribution in [3.05, 3.63) is 67.1 Å². The fraction of sp³-hybridized carbons (Fsp3) is 0.0952. The van der Waals surface area contributed by atoms with Crippen molar-refractivity contribution < 1.29 is 23.4 Å². The van der Waals surface area contributed by atoms with E-state index in [0.29, 0.717) is 22.9 Å². The number of hydrogen-bond donors (Lipinski definition) is 2. The van der Waals surface area contributed by atoms with Crippen LogP contribution < -0.4 is 24.8 Å². The molecule has 1 amide bonds. The third kappa shape index (κ3) is 5.02. The highest BCUT2D eigenvalue weighted by Crippen LogP contribution is 2.31. The minimum Gasteiger partial charge on any atom is -0.493 e. The first-order valence-electron chi connectivity index (χ1n) is 8.75. The lowest BCUT2D eigenvalue weighted by Gasteiger charge is -2.12. The maximum Gasteiger partial charge on any atom is 0.260 e. The minimum atomic E-state index is -0.742. The number of carbonyl (C=O) groups is 1. The molecule has 0 aliphatic carbocycles. The zero-order valence-electron chi connectivity index (χ0n) is 16.3. The summed E-state index contributed by atoms with van der Waals surface area (Å²) in [5.74, 6) is 0.0894. The van der Waals surface area contributed by atoms with E-state index in [0.717, 1.165) is 12.3 Å². The molecular weight excluding hydrogens is 391 g/mol. The Balaban J connectivity index is 1.80. The second kappa shape index (κ2) is 9.37. The van der Waals surface area contributed by atoms with Crippen LogP contribution in [-0.2, 0) is 4.79 Å². The molecule has 0 spiro atoms. The molecule has 8 nitrogen and oxygen atoms in total. The van der Waals surface area contributed by atoms with Gasteiger partial charge in [0.1, 0.15) is 5.75 Å². The Kier molecular flexibility index (Phi) is 6.43. The summed E-state index contributed by atoms with van der Waals surface area (Å²) >= 11 is 0. The van der Waals surface area contributed by atoms with Gasteiger partial charge in [-0.25, -0.2) is 4.98 Å². The van der Waals surface area contributed by atoms with E-state index in [1.807, 2.05) is 0 Å². The lowest BCUT2D eigenvalue weighted by Crippen LogP contribution is -2.07. The van der Waals surface area contributed by atoms with Gasteiger partial charge in [0, 0.05) is 23.5 Å². The lowest BCUT2D eigenvalue weighted by atomic mass is 10.3. The molecule has 0 atom stereocenters. The number of hydrogen-bond acceptors (Lipinski definition) is 7. The summed E-state index contributed by atoms with van der Waals surface area (Å²) in [5, 5.41) is 5.55. The van der Waals surface area contributed by atoms with Gasteiger partial charge < -0.3 is 24.8 Å². The first-order chi connectivity index (χ1) is 14.5. The Morgan fingerprint density at radius 3 is 2.63 bits per heavy atom. The maximum atomic E-state index is 14.2. The van der Waals surface area contributed by atoms with E-state index in [2.05, 4.69) is 27.2 Å². The van der Waals surface area contributed by atoms with Gasteiger partial charge in [0.15, 0.2) is 11.5 Å². The number of nitrogens with one attached hydrogen (secondary N) is 2. The topological polar surface area (TPSA) is 94.6 Å². The van der Waals surface area contributed by atoms with Crippen molar-refractivity contribution in [1.29, 1.82) is 0 Å². The molecule has 30 heavy (non-hydrogen) atoms. The number of rotatable bonds is 8. The van der Waals surface area contributed by atoms with Crippen molar-refractivity contribution in [2.45, 2.75) is 0 Å². The minimum absolute atomic E-state index is 0.120. The summed E-state index contributed by atoms with van der Waals surface area (Å²) in [6.45, 7) is 3.39. The lowest BCUT2D eigenvalue weighted by molar-refractivity contribution is -0.111. The summed E-state index contributed by atoms with van der Waals surface area (Å²) in [4.78, 5) is 19.4. The average Bonchev–Trinajstić information content (AvgIpc) is 2.76. The molecule has 2 aromatic carbocycles. The molecule has 0 fully saturated rings. The van der Waals surface area contributed by atoms with Gasteiger partial charge in [-0.2, -0.15) is 9.37 Å². The van der Waals surface area contributed by atoms with Crippen molar-refractivity contribution in [2.75, 3.05) is 24.9 Å². The maximum absolute atomic E-state index is 14.2. The molecule has 1 heterocycles. The first kappa shape index (κ1) is 20.6. The molecule has 0 unspecified atom stereocenters. The number of methoxy groups -OCH3 is 2. The van der Waals surface area contributed by atoms with Crippen LogP contribution in [0.15, 0.2) is 61.3 Å². The number of carbonyl (C=O) groups excluding carboxylic acids is 1. The summed E-state index contributed by atoms with van der Waals surface area (Å²) in [6.07, 6.45) is 2.14. The quantitative estimate of drug-likeness (QED) is 0.535. The molecule has 3 aromatic rings. The van der Waals surface area contributed by atoms with Crippen molar-refractivity contribution in [3.63, 3.8) is 0 Å². The van der Waals surface area contributed by atoms with E-state index in [-0.39, 0.29) is 23.5 Å². The Hall–Kier alpha value is -4.14. The van der Waals surface area contributed by atoms with Crippen molar-refractivity contribution in [3.8, 4) is 23.1 Å². The van der Waals surface area contributed by atoms with Gasteiger partial charge in [-0.15, -0.1) is 0 Å². The zero-order valence-corrected chi connectivity index (χ0v) is 16.3. The van der Waals surface area contributed by atoms with Gasteiger partial charge >= 0.3 is 0 Å². The van der Waals surface area contributed by atoms with Gasteiger partial charge in [0.05, 0.1) is 20.4 Å². The van der Waals surface area contributed by atoms with E-state index in [1.54, 1.807) is 36.4 Å². The molecule has 2 N–H and O–H groups in total. The van der Waals surface area contributed by atoms with Crippen LogP contribution in [0.5, 0.6) is 23.1 Å². The van der Waals surface area contributed by atoms with E-state index in [4.69, 9.17) is 14.2 Å². The second-order valence-electron chi connectivity index (χ2n) is 5.86. The number of amides is 1. The summed E-state index contributed by atoms with van der Waals surface area (Å²) in [7, 11) is 3.06. The monoisotopic (exact) mass is 410 g/mol. The first-order valence-corrected chi connectivity index (χ1v) is 8.75. The van der Waals surface area contributed by atoms with Crippen LogP contribution >= 0.6 is 0 Å². The number of nitrogens with zero attached hydrogens (tertiary/aromatic N) is 2. The molecule has 1 aromatic heterocycles. The largest absolute Gasteiger partial charge is 0.493 e. The predicted molar refractivity (Wildman–Crippen MR) is 110 cm³/mol. The normalized spacial score (nSPS) is 10.1. The molecule has 3 rings (SSSR count). The zero-order chi connectivity index (χ0) is 21.5. The van der Waals surface area contributed by atoms with Crippen molar-refractivity contribution >= 4 is 23.2 Å². The molecule has 0 bridgehead atoms. The van der Waals surface area contributed by atoms with Crippen LogP contribution in [0.2, 0.25) is 0 Å². The highest BCUT2D eigenvalue weighted by atomic mass is 19.1. The van der Waals surface area contributed by atoms with Crippen LogP contribution in [0.3, 0.4) is 0 Å². The number of halogens is 1. The molecular formula is C21H19FN4O4. The summed E-state index contributed by atoms with van der Waals surface area (Å²) in [5.41, 5.74) is 1.08. The van der Waals surface area contributed by atoms with Gasteiger partial charge in [-0.1, -0.05) is 12.6 Å². The van der Waals surface area contributed by atoms with Crippen molar-refractivity contribution in [2.24, 2.45) is 0 Å². The SMILES string of the molecule is C=CC(=O)Nc1cccc(Oc2nc(Nc3ccc(OC)c(OC)c3)ncc2F)c1. The van der Waals surface area contributed by atoms with Gasteiger partial charge in [0.25, 0.3) is 5.88 Å². The smallest absolute Gasteiger partial charge is 0.260 e. The Labute approximate surface area is 172 Å². The highest BCUT2D eigenvalue weighted by molar-refractivity contribution is 5.98. The van der Waals surface area contributed by atoms with E-state index in [9.17, 15) is 9.18 Å². The van der Waals surface area contributed by atoms with Crippen molar-refractivity contribution in [1.82, 2.24) is 9.97 Å². The van der Waals surface area contributed by atoms with Crippen LogP contribution in [0.25, 0.3) is 0 Å². The Morgan fingerprint density at radius 2 is 1.90 bits per heavy atom.